The smallest absolute Gasteiger partial charge is 0.01000 e. The van der Waals surface area contributed by atoms with Crippen LogP contribution >= 0.6 is 0 Å². The monoisotopic (exact) mass is 116 g/mol. The maximum atomic E-state index is 5.05. The molecule has 0 amide bonds. The number of hydrogen-bond donors (Lipinski definition) is 2. The first kappa shape index (κ1) is 7.92. The SMILES string of the molecule is C.NNCCC1CC1. The Kier molecular flexibility index (Phi) is 3.83. The van der Waals surface area contributed by atoms with Gasteiger partial charge in [-0.3, -0.25) is 11.3 Å². The molecule has 0 radical (unpaired) electrons. The van der Waals surface area contributed by atoms with E-state index >= 15 is 0 Å². The molecule has 50 valence electrons. The van der Waals surface area contributed by atoms with Gasteiger partial charge in [-0.15, -0.1) is 0 Å². The lowest BCUT2D eigenvalue weighted by molar-refractivity contribution is 0.634. The molecule has 0 bridgehead atoms. The van der Waals surface area contributed by atoms with Crippen LogP contribution in [0.4, 0.5) is 0 Å². The van der Waals surface area contributed by atoms with Crippen LogP contribution in [0.1, 0.15) is 26.7 Å². The van der Waals surface area contributed by atoms with Gasteiger partial charge in [-0.2, -0.15) is 0 Å². The van der Waals surface area contributed by atoms with E-state index in [1.54, 1.807) is 0 Å². The van der Waals surface area contributed by atoms with Crippen LogP contribution in [0, 0.1) is 5.92 Å². The van der Waals surface area contributed by atoms with Crippen LogP contribution < -0.4 is 11.3 Å². The standard InChI is InChI=1S/C5H12N2.CH4/c6-7-4-3-5-1-2-5;/h5,7H,1-4,6H2;1H4. The Morgan fingerprint density at radius 1 is 1.50 bits per heavy atom. The van der Waals surface area contributed by atoms with Crippen molar-refractivity contribution in [2.24, 2.45) is 11.8 Å². The second-order valence-corrected chi connectivity index (χ2v) is 2.19. The summed E-state index contributed by atoms with van der Waals surface area (Å²) >= 11 is 0. The van der Waals surface area contributed by atoms with E-state index in [0.29, 0.717) is 0 Å². The Balaban J connectivity index is 0.000000490. The molecule has 0 saturated heterocycles. The summed E-state index contributed by atoms with van der Waals surface area (Å²) in [6, 6.07) is 0. The lowest BCUT2D eigenvalue weighted by atomic mass is 10.3. The Morgan fingerprint density at radius 3 is 2.50 bits per heavy atom. The molecule has 1 saturated carbocycles. The normalized spacial score (nSPS) is 17.6. The summed E-state index contributed by atoms with van der Waals surface area (Å²) in [5.74, 6) is 6.06. The van der Waals surface area contributed by atoms with E-state index in [2.05, 4.69) is 5.43 Å². The van der Waals surface area contributed by atoms with Crippen molar-refractivity contribution in [1.82, 2.24) is 5.43 Å². The van der Waals surface area contributed by atoms with Crippen LogP contribution in [0.5, 0.6) is 0 Å². The molecule has 0 spiro atoms. The van der Waals surface area contributed by atoms with Crippen molar-refractivity contribution in [3.05, 3.63) is 0 Å². The average Bonchev–Trinajstić information content (AvgIpc) is 2.42. The molecular formula is C6H16N2. The highest BCUT2D eigenvalue weighted by Crippen LogP contribution is 2.31. The van der Waals surface area contributed by atoms with Crippen LogP contribution in [-0.2, 0) is 0 Å². The zero-order chi connectivity index (χ0) is 5.11. The molecule has 2 nitrogen and oxygen atoms in total. The van der Waals surface area contributed by atoms with Gasteiger partial charge in [0.25, 0.3) is 0 Å². The van der Waals surface area contributed by atoms with Gasteiger partial charge in [-0.25, -0.2) is 0 Å². The zero-order valence-electron chi connectivity index (χ0n) is 4.48. The summed E-state index contributed by atoms with van der Waals surface area (Å²) in [4.78, 5) is 0. The van der Waals surface area contributed by atoms with Gasteiger partial charge < -0.3 is 0 Å². The molecule has 1 fully saturated rings. The third-order valence-corrected chi connectivity index (χ3v) is 1.39. The maximum absolute atomic E-state index is 5.05. The fourth-order valence-corrected chi connectivity index (χ4v) is 0.694. The van der Waals surface area contributed by atoms with E-state index in [0.717, 1.165) is 12.5 Å². The number of hydrogen-bond acceptors (Lipinski definition) is 2. The van der Waals surface area contributed by atoms with Crippen molar-refractivity contribution in [2.75, 3.05) is 6.54 Å². The van der Waals surface area contributed by atoms with Crippen molar-refractivity contribution in [2.45, 2.75) is 26.7 Å². The molecule has 0 atom stereocenters. The van der Waals surface area contributed by atoms with Gasteiger partial charge in [-0.05, 0) is 12.3 Å². The number of rotatable bonds is 3. The fraction of sp³-hybridized carbons (Fsp3) is 1.00. The molecule has 1 rings (SSSR count). The second kappa shape index (κ2) is 3.87. The second-order valence-electron chi connectivity index (χ2n) is 2.19. The van der Waals surface area contributed by atoms with E-state index < -0.39 is 0 Å². The minimum atomic E-state index is 0. The van der Waals surface area contributed by atoms with Gasteiger partial charge in [0.1, 0.15) is 0 Å². The Hall–Kier alpha value is -0.0800. The van der Waals surface area contributed by atoms with E-state index in [9.17, 15) is 0 Å². The molecule has 0 aromatic rings. The largest absolute Gasteiger partial charge is 0.271 e. The Bertz CT molecular complexity index is 50.5. The first-order chi connectivity index (χ1) is 3.43. The molecule has 0 unspecified atom stereocenters. The highest BCUT2D eigenvalue weighted by Gasteiger charge is 2.19. The molecule has 0 heterocycles. The van der Waals surface area contributed by atoms with E-state index in [-0.39, 0.29) is 7.43 Å². The summed E-state index contributed by atoms with van der Waals surface area (Å²) in [7, 11) is 0. The van der Waals surface area contributed by atoms with Gasteiger partial charge in [-0.1, -0.05) is 20.3 Å². The molecule has 0 aromatic carbocycles. The molecule has 8 heavy (non-hydrogen) atoms. The predicted molar refractivity (Wildman–Crippen MR) is 36.3 cm³/mol. The molecule has 2 heteroatoms. The van der Waals surface area contributed by atoms with Crippen molar-refractivity contribution >= 4 is 0 Å². The third-order valence-electron chi connectivity index (χ3n) is 1.39. The summed E-state index contributed by atoms with van der Waals surface area (Å²) in [5.41, 5.74) is 2.64. The Labute approximate surface area is 51.4 Å². The summed E-state index contributed by atoms with van der Waals surface area (Å²) in [6.07, 6.45) is 4.14. The number of nitrogens with one attached hydrogen (secondary N) is 1. The third kappa shape index (κ3) is 2.99. The van der Waals surface area contributed by atoms with E-state index in [1.165, 1.54) is 19.3 Å². The topological polar surface area (TPSA) is 38.0 Å². The molecule has 0 aliphatic heterocycles. The molecular weight excluding hydrogens is 100 g/mol. The number of hydrazine groups is 1. The Morgan fingerprint density at radius 2 is 2.12 bits per heavy atom. The molecule has 0 aromatic heterocycles. The highest BCUT2D eigenvalue weighted by atomic mass is 15.2. The minimum absolute atomic E-state index is 0. The van der Waals surface area contributed by atoms with Gasteiger partial charge in [0.05, 0.1) is 0 Å². The maximum Gasteiger partial charge on any atom is 0.01000 e. The highest BCUT2D eigenvalue weighted by molar-refractivity contribution is 4.72. The van der Waals surface area contributed by atoms with Gasteiger partial charge in [0.2, 0.25) is 0 Å². The summed E-state index contributed by atoms with van der Waals surface area (Å²) < 4.78 is 0. The van der Waals surface area contributed by atoms with Crippen LogP contribution in [0.2, 0.25) is 0 Å². The minimum Gasteiger partial charge on any atom is -0.271 e. The van der Waals surface area contributed by atoms with Crippen LogP contribution in [0.15, 0.2) is 0 Å². The lowest BCUT2D eigenvalue weighted by Crippen LogP contribution is -2.23. The molecule has 1 aliphatic carbocycles. The quantitative estimate of drug-likeness (QED) is 0.424. The van der Waals surface area contributed by atoms with Crippen molar-refractivity contribution < 1.29 is 0 Å². The van der Waals surface area contributed by atoms with Gasteiger partial charge >= 0.3 is 0 Å². The van der Waals surface area contributed by atoms with Crippen LogP contribution in [0.3, 0.4) is 0 Å². The van der Waals surface area contributed by atoms with Gasteiger partial charge in [0, 0.05) is 6.54 Å². The van der Waals surface area contributed by atoms with E-state index in [1.807, 2.05) is 0 Å². The average molecular weight is 116 g/mol. The summed E-state index contributed by atoms with van der Waals surface area (Å²) in [5, 5.41) is 0. The predicted octanol–water partition coefficient (Wildman–Crippen LogP) is 0.886. The summed E-state index contributed by atoms with van der Waals surface area (Å²) in [6.45, 7) is 0.991. The zero-order valence-corrected chi connectivity index (χ0v) is 4.48. The van der Waals surface area contributed by atoms with Crippen LogP contribution in [-0.4, -0.2) is 6.54 Å². The van der Waals surface area contributed by atoms with Crippen molar-refractivity contribution in [1.29, 1.82) is 0 Å². The molecule has 3 N–H and O–H groups in total. The van der Waals surface area contributed by atoms with Gasteiger partial charge in [0.15, 0.2) is 0 Å². The molecule has 1 aliphatic rings. The van der Waals surface area contributed by atoms with Crippen molar-refractivity contribution in [3.63, 3.8) is 0 Å². The van der Waals surface area contributed by atoms with Crippen LogP contribution in [0.25, 0.3) is 0 Å². The first-order valence-electron chi connectivity index (χ1n) is 2.87. The lowest BCUT2D eigenvalue weighted by Gasteiger charge is -1.91. The fourth-order valence-electron chi connectivity index (χ4n) is 0.694. The number of nitrogens with two attached hydrogens (primary N) is 1. The van der Waals surface area contributed by atoms with E-state index in [4.69, 9.17) is 5.84 Å². The first-order valence-corrected chi connectivity index (χ1v) is 2.87. The van der Waals surface area contributed by atoms with Crippen molar-refractivity contribution in [3.8, 4) is 0 Å².